The Bertz CT molecular complexity index is 1140. The van der Waals surface area contributed by atoms with E-state index in [0.717, 1.165) is 0 Å². The topological polar surface area (TPSA) is 78.7 Å². The first-order chi connectivity index (χ1) is 14.0. The van der Waals surface area contributed by atoms with Crippen molar-refractivity contribution < 1.29 is 23.6 Å². The number of ketones is 1. The minimum absolute atomic E-state index is 0.0363. The number of rotatable bonds is 5. The van der Waals surface area contributed by atoms with Gasteiger partial charge in [0.2, 0.25) is 5.78 Å². The van der Waals surface area contributed by atoms with Crippen molar-refractivity contribution in [2.24, 2.45) is 0 Å². The van der Waals surface area contributed by atoms with Gasteiger partial charge in [-0.2, -0.15) is 0 Å². The quantitative estimate of drug-likeness (QED) is 0.350. The van der Waals surface area contributed by atoms with Crippen LogP contribution in [0.1, 0.15) is 21.5 Å². The fourth-order valence-electron chi connectivity index (χ4n) is 2.88. The summed E-state index contributed by atoms with van der Waals surface area (Å²) in [5, 5.41) is 10.7. The monoisotopic (exact) mass is 391 g/mol. The maximum atomic E-state index is 13.7. The number of fused-ring (bicyclic) bond motifs is 1. The van der Waals surface area contributed by atoms with Crippen LogP contribution in [0.5, 0.6) is 11.5 Å². The van der Waals surface area contributed by atoms with Crippen molar-refractivity contribution in [3.8, 4) is 11.5 Å². The van der Waals surface area contributed by atoms with Gasteiger partial charge in [0.15, 0.2) is 5.76 Å². The molecule has 7 heteroatoms. The minimum Gasteiger partial charge on any atom is -0.489 e. The molecule has 3 aromatic rings. The predicted molar refractivity (Wildman–Crippen MR) is 103 cm³/mol. The summed E-state index contributed by atoms with van der Waals surface area (Å²) in [6.07, 6.45) is 1.52. The van der Waals surface area contributed by atoms with E-state index in [1.165, 1.54) is 36.4 Å². The SMILES string of the molecule is O=C1/C(=C\c2ccc([N+](=O)[O-])cc2)Oc2cc(OCc3ccccc3F)ccc21. The lowest BCUT2D eigenvalue weighted by molar-refractivity contribution is -0.384. The van der Waals surface area contributed by atoms with E-state index in [0.29, 0.717) is 28.2 Å². The number of hydrogen-bond acceptors (Lipinski definition) is 5. The molecule has 0 fully saturated rings. The Labute approximate surface area is 165 Å². The van der Waals surface area contributed by atoms with Crippen LogP contribution in [0.15, 0.2) is 72.5 Å². The molecule has 0 N–H and O–H groups in total. The first-order valence-electron chi connectivity index (χ1n) is 8.70. The van der Waals surface area contributed by atoms with Crippen LogP contribution in [0.4, 0.5) is 10.1 Å². The van der Waals surface area contributed by atoms with Crippen molar-refractivity contribution in [2.75, 3.05) is 0 Å². The highest BCUT2D eigenvalue weighted by Crippen LogP contribution is 2.35. The zero-order valence-corrected chi connectivity index (χ0v) is 15.0. The summed E-state index contributed by atoms with van der Waals surface area (Å²) in [5.41, 5.74) is 1.37. The van der Waals surface area contributed by atoms with E-state index in [-0.39, 0.29) is 29.7 Å². The number of halogens is 1. The van der Waals surface area contributed by atoms with E-state index in [2.05, 4.69) is 0 Å². The molecule has 0 spiro atoms. The van der Waals surface area contributed by atoms with Gasteiger partial charge in [-0.05, 0) is 42.0 Å². The smallest absolute Gasteiger partial charge is 0.269 e. The molecule has 0 bridgehead atoms. The second kappa shape index (κ2) is 7.55. The number of allylic oxidation sites excluding steroid dienone is 1. The van der Waals surface area contributed by atoms with E-state index >= 15 is 0 Å². The van der Waals surface area contributed by atoms with E-state index in [1.807, 2.05) is 0 Å². The minimum atomic E-state index is -0.493. The second-order valence-electron chi connectivity index (χ2n) is 6.33. The molecule has 1 aliphatic heterocycles. The molecule has 0 saturated heterocycles. The lowest BCUT2D eigenvalue weighted by atomic mass is 10.1. The van der Waals surface area contributed by atoms with Crippen molar-refractivity contribution in [1.29, 1.82) is 0 Å². The van der Waals surface area contributed by atoms with Crippen LogP contribution in [0, 0.1) is 15.9 Å². The molecule has 0 radical (unpaired) electrons. The van der Waals surface area contributed by atoms with Crippen molar-refractivity contribution in [3.63, 3.8) is 0 Å². The molecule has 3 aromatic carbocycles. The van der Waals surface area contributed by atoms with Gasteiger partial charge in [-0.25, -0.2) is 4.39 Å². The summed E-state index contributed by atoms with van der Waals surface area (Å²) in [4.78, 5) is 22.8. The summed E-state index contributed by atoms with van der Waals surface area (Å²) < 4.78 is 24.9. The number of non-ortho nitro benzene ring substituents is 1. The normalized spacial score (nSPS) is 13.8. The molecule has 1 aliphatic rings. The Kier molecular flexibility index (Phi) is 4.78. The highest BCUT2D eigenvalue weighted by Gasteiger charge is 2.27. The number of benzene rings is 3. The van der Waals surface area contributed by atoms with Gasteiger partial charge in [0.05, 0.1) is 10.5 Å². The molecule has 0 atom stereocenters. The molecular weight excluding hydrogens is 377 g/mol. The molecule has 0 aliphatic carbocycles. The summed E-state index contributed by atoms with van der Waals surface area (Å²) >= 11 is 0. The summed E-state index contributed by atoms with van der Waals surface area (Å²) in [6, 6.07) is 16.9. The average molecular weight is 391 g/mol. The van der Waals surface area contributed by atoms with Gasteiger partial charge in [0.1, 0.15) is 23.9 Å². The van der Waals surface area contributed by atoms with Gasteiger partial charge in [-0.1, -0.05) is 18.2 Å². The zero-order valence-electron chi connectivity index (χ0n) is 15.0. The third kappa shape index (κ3) is 3.84. The van der Waals surface area contributed by atoms with Crippen molar-refractivity contribution >= 4 is 17.5 Å². The number of nitro benzene ring substituents is 1. The predicted octanol–water partition coefficient (Wildman–Crippen LogP) is 4.93. The number of carbonyl (C=O) groups is 1. The maximum absolute atomic E-state index is 13.7. The third-order valence-electron chi connectivity index (χ3n) is 4.40. The molecule has 29 heavy (non-hydrogen) atoms. The number of hydrogen-bond donors (Lipinski definition) is 0. The van der Waals surface area contributed by atoms with Gasteiger partial charge in [-0.15, -0.1) is 0 Å². The highest BCUT2D eigenvalue weighted by molar-refractivity contribution is 6.14. The molecular formula is C22H14FNO5. The van der Waals surface area contributed by atoms with E-state index in [1.54, 1.807) is 36.4 Å². The largest absolute Gasteiger partial charge is 0.489 e. The van der Waals surface area contributed by atoms with Crippen LogP contribution in [0.25, 0.3) is 6.08 Å². The Hall–Kier alpha value is -4.00. The van der Waals surface area contributed by atoms with E-state index < -0.39 is 4.92 Å². The Balaban J connectivity index is 1.51. The van der Waals surface area contributed by atoms with E-state index in [4.69, 9.17) is 9.47 Å². The maximum Gasteiger partial charge on any atom is 0.269 e. The summed E-state index contributed by atoms with van der Waals surface area (Å²) in [7, 11) is 0. The molecule has 0 saturated carbocycles. The van der Waals surface area contributed by atoms with Crippen LogP contribution >= 0.6 is 0 Å². The van der Waals surface area contributed by atoms with Gasteiger partial charge in [0.25, 0.3) is 5.69 Å². The molecule has 0 unspecified atom stereocenters. The van der Waals surface area contributed by atoms with Gasteiger partial charge in [-0.3, -0.25) is 14.9 Å². The van der Waals surface area contributed by atoms with Crippen molar-refractivity contribution in [1.82, 2.24) is 0 Å². The van der Waals surface area contributed by atoms with Crippen LogP contribution in [0.3, 0.4) is 0 Å². The fourth-order valence-corrected chi connectivity index (χ4v) is 2.88. The number of ether oxygens (including phenoxy) is 2. The van der Waals surface area contributed by atoms with Gasteiger partial charge in [0, 0.05) is 23.8 Å². The van der Waals surface area contributed by atoms with Crippen molar-refractivity contribution in [2.45, 2.75) is 6.61 Å². The van der Waals surface area contributed by atoms with Gasteiger partial charge >= 0.3 is 0 Å². The van der Waals surface area contributed by atoms with Crippen LogP contribution in [0.2, 0.25) is 0 Å². The lowest BCUT2D eigenvalue weighted by Gasteiger charge is -2.08. The average Bonchev–Trinajstić information content (AvgIpc) is 3.02. The van der Waals surface area contributed by atoms with Crippen LogP contribution in [-0.4, -0.2) is 10.7 Å². The molecule has 6 nitrogen and oxygen atoms in total. The number of carbonyl (C=O) groups excluding carboxylic acids is 1. The number of Topliss-reactive ketones (excluding diaryl/α,β-unsaturated/α-hetero) is 1. The molecule has 144 valence electrons. The standard InChI is InChI=1S/C22H14FNO5/c23-19-4-2-1-3-15(19)13-28-17-9-10-18-20(12-17)29-21(22(18)25)11-14-5-7-16(8-6-14)24(26)27/h1-12H,13H2/b21-11+. The number of nitro groups is 1. The summed E-state index contributed by atoms with van der Waals surface area (Å²) in [6.45, 7) is 0.0465. The summed E-state index contributed by atoms with van der Waals surface area (Å²) in [5.74, 6) is 0.248. The Morgan fingerprint density at radius 2 is 1.83 bits per heavy atom. The highest BCUT2D eigenvalue weighted by atomic mass is 19.1. The third-order valence-corrected chi connectivity index (χ3v) is 4.40. The zero-order chi connectivity index (χ0) is 20.4. The van der Waals surface area contributed by atoms with Crippen molar-refractivity contribution in [3.05, 3.63) is 105 Å². The van der Waals surface area contributed by atoms with Gasteiger partial charge < -0.3 is 9.47 Å². The first kappa shape index (κ1) is 18.4. The fraction of sp³-hybridized carbons (Fsp3) is 0.0455. The molecule has 0 aromatic heterocycles. The van der Waals surface area contributed by atoms with E-state index in [9.17, 15) is 19.3 Å². The molecule has 0 amide bonds. The Morgan fingerprint density at radius 1 is 1.07 bits per heavy atom. The molecule has 1 heterocycles. The second-order valence-corrected chi connectivity index (χ2v) is 6.33. The first-order valence-corrected chi connectivity index (χ1v) is 8.70. The van der Waals surface area contributed by atoms with Crippen LogP contribution < -0.4 is 9.47 Å². The lowest BCUT2D eigenvalue weighted by Crippen LogP contribution is -1.98. The Morgan fingerprint density at radius 3 is 2.55 bits per heavy atom. The molecule has 4 rings (SSSR count). The number of nitrogens with zero attached hydrogens (tertiary/aromatic N) is 1. The van der Waals surface area contributed by atoms with Crippen LogP contribution in [-0.2, 0) is 6.61 Å².